The van der Waals surface area contributed by atoms with Crippen LogP contribution in [0.4, 0.5) is 5.82 Å². The van der Waals surface area contributed by atoms with Gasteiger partial charge in [0, 0.05) is 56.1 Å². The number of rotatable bonds is 6. The highest BCUT2D eigenvalue weighted by atomic mass is 16.1. The minimum atomic E-state index is -0.171. The highest BCUT2D eigenvalue weighted by Gasteiger charge is 2.11. The summed E-state index contributed by atoms with van der Waals surface area (Å²) < 4.78 is 0. The summed E-state index contributed by atoms with van der Waals surface area (Å²) in [5.41, 5.74) is 3.75. The second-order valence-corrected chi connectivity index (χ2v) is 6.82. The average molecular weight is 387 g/mol. The maximum absolute atomic E-state index is 12.4. The predicted octanol–water partition coefficient (Wildman–Crippen LogP) is 2.45. The van der Waals surface area contributed by atoms with Gasteiger partial charge in [0.05, 0.1) is 5.69 Å². The molecule has 4 rings (SSSR count). The SMILES string of the molecule is CN(C)c1ccc(-c2ccc3cc(C(=O)NCCc4ccncn4)[nH]c3n2)cn1. The Balaban J connectivity index is 1.47. The molecule has 4 heterocycles. The molecule has 1 amide bonds. The van der Waals surface area contributed by atoms with E-state index >= 15 is 0 Å². The van der Waals surface area contributed by atoms with Crippen LogP contribution in [0.25, 0.3) is 22.3 Å². The van der Waals surface area contributed by atoms with Gasteiger partial charge in [-0.3, -0.25) is 4.79 Å². The lowest BCUT2D eigenvalue weighted by Gasteiger charge is -2.11. The fourth-order valence-corrected chi connectivity index (χ4v) is 2.96. The number of amides is 1. The number of hydrogen-bond acceptors (Lipinski definition) is 6. The van der Waals surface area contributed by atoms with Gasteiger partial charge in [-0.05, 0) is 36.4 Å². The molecule has 4 aromatic heterocycles. The van der Waals surface area contributed by atoms with Crippen LogP contribution in [-0.4, -0.2) is 51.5 Å². The lowest BCUT2D eigenvalue weighted by molar-refractivity contribution is 0.0950. The standard InChI is InChI=1S/C21H21N7O/c1-28(2)19-6-4-15(12-24-19)17-5-3-14-11-18(27-20(14)26-17)21(29)23-10-8-16-7-9-22-13-25-16/h3-7,9,11-13H,8,10H2,1-2H3,(H,23,29)(H,26,27). The number of carbonyl (C=O) groups excluding carboxylic acids is 1. The number of fused-ring (bicyclic) bond motifs is 1. The van der Waals surface area contributed by atoms with Gasteiger partial charge < -0.3 is 15.2 Å². The van der Waals surface area contributed by atoms with Crippen LogP contribution >= 0.6 is 0 Å². The number of anilines is 1. The van der Waals surface area contributed by atoms with Crippen molar-refractivity contribution in [1.82, 2.24) is 30.2 Å². The Morgan fingerprint density at radius 2 is 2.03 bits per heavy atom. The van der Waals surface area contributed by atoms with Crippen molar-refractivity contribution < 1.29 is 4.79 Å². The largest absolute Gasteiger partial charge is 0.363 e. The third-order valence-electron chi connectivity index (χ3n) is 4.54. The first-order valence-corrected chi connectivity index (χ1v) is 9.27. The van der Waals surface area contributed by atoms with E-state index in [1.807, 2.05) is 49.3 Å². The van der Waals surface area contributed by atoms with E-state index in [2.05, 4.69) is 30.2 Å². The number of aromatic nitrogens is 5. The van der Waals surface area contributed by atoms with Gasteiger partial charge in [0.2, 0.25) is 0 Å². The van der Waals surface area contributed by atoms with Crippen LogP contribution < -0.4 is 10.2 Å². The van der Waals surface area contributed by atoms with Crippen molar-refractivity contribution in [1.29, 1.82) is 0 Å². The van der Waals surface area contributed by atoms with Gasteiger partial charge in [0.1, 0.15) is 23.5 Å². The third-order valence-corrected chi connectivity index (χ3v) is 4.54. The summed E-state index contributed by atoms with van der Waals surface area (Å²) >= 11 is 0. The Kier molecular flexibility index (Phi) is 5.15. The van der Waals surface area contributed by atoms with Crippen molar-refractivity contribution >= 4 is 22.8 Å². The second kappa shape index (κ2) is 8.05. The molecular weight excluding hydrogens is 366 g/mol. The van der Waals surface area contributed by atoms with Gasteiger partial charge in [0.25, 0.3) is 5.91 Å². The molecule has 0 aliphatic carbocycles. The van der Waals surface area contributed by atoms with E-state index in [1.165, 1.54) is 6.33 Å². The number of nitrogens with zero attached hydrogens (tertiary/aromatic N) is 5. The summed E-state index contributed by atoms with van der Waals surface area (Å²) in [6, 6.07) is 11.5. The Hall–Kier alpha value is -3.81. The van der Waals surface area contributed by atoms with Crippen molar-refractivity contribution in [3.63, 3.8) is 0 Å². The normalized spacial score (nSPS) is 10.8. The fourth-order valence-electron chi connectivity index (χ4n) is 2.96. The number of pyridine rings is 2. The first-order valence-electron chi connectivity index (χ1n) is 9.27. The Labute approximate surface area is 168 Å². The number of hydrogen-bond donors (Lipinski definition) is 2. The third kappa shape index (κ3) is 4.21. The summed E-state index contributed by atoms with van der Waals surface area (Å²) in [5.74, 6) is 0.714. The van der Waals surface area contributed by atoms with E-state index in [9.17, 15) is 4.79 Å². The lowest BCUT2D eigenvalue weighted by Crippen LogP contribution is -2.26. The second-order valence-electron chi connectivity index (χ2n) is 6.82. The lowest BCUT2D eigenvalue weighted by atomic mass is 10.2. The van der Waals surface area contributed by atoms with Crippen LogP contribution in [0.1, 0.15) is 16.2 Å². The predicted molar refractivity (Wildman–Crippen MR) is 112 cm³/mol. The van der Waals surface area contributed by atoms with Crippen LogP contribution in [0.15, 0.2) is 55.1 Å². The summed E-state index contributed by atoms with van der Waals surface area (Å²) in [7, 11) is 3.90. The molecule has 0 radical (unpaired) electrons. The molecule has 0 aromatic carbocycles. The van der Waals surface area contributed by atoms with Gasteiger partial charge in [-0.15, -0.1) is 0 Å². The summed E-state index contributed by atoms with van der Waals surface area (Å²) in [6.07, 6.45) is 5.64. The number of aromatic amines is 1. The van der Waals surface area contributed by atoms with E-state index in [4.69, 9.17) is 0 Å². The minimum Gasteiger partial charge on any atom is -0.363 e. The Morgan fingerprint density at radius 3 is 2.76 bits per heavy atom. The van der Waals surface area contributed by atoms with Gasteiger partial charge in [-0.1, -0.05) is 0 Å². The summed E-state index contributed by atoms with van der Waals surface area (Å²) in [6.45, 7) is 0.494. The van der Waals surface area contributed by atoms with Crippen LogP contribution in [-0.2, 0) is 6.42 Å². The quantitative estimate of drug-likeness (QED) is 0.527. The average Bonchev–Trinajstić information content (AvgIpc) is 3.18. The van der Waals surface area contributed by atoms with Gasteiger partial charge in [-0.2, -0.15) is 0 Å². The molecule has 0 atom stereocenters. The van der Waals surface area contributed by atoms with Gasteiger partial charge in [-0.25, -0.2) is 19.9 Å². The zero-order chi connectivity index (χ0) is 20.2. The maximum atomic E-state index is 12.4. The van der Waals surface area contributed by atoms with Gasteiger partial charge in [0.15, 0.2) is 0 Å². The molecule has 0 bridgehead atoms. The van der Waals surface area contributed by atoms with Crippen molar-refractivity contribution in [3.8, 4) is 11.3 Å². The summed E-state index contributed by atoms with van der Waals surface area (Å²) in [4.78, 5) is 34.6. The maximum Gasteiger partial charge on any atom is 0.267 e. The van der Waals surface area contributed by atoms with Gasteiger partial charge >= 0.3 is 0 Å². The number of carbonyl (C=O) groups is 1. The van der Waals surface area contributed by atoms with Crippen LogP contribution in [0.2, 0.25) is 0 Å². The highest BCUT2D eigenvalue weighted by Crippen LogP contribution is 2.22. The van der Waals surface area contributed by atoms with Crippen LogP contribution in [0, 0.1) is 0 Å². The first-order chi connectivity index (χ1) is 14.1. The van der Waals surface area contributed by atoms with E-state index in [-0.39, 0.29) is 5.91 Å². The molecule has 0 aliphatic heterocycles. The first kappa shape index (κ1) is 18.5. The molecule has 8 nitrogen and oxygen atoms in total. The number of H-pyrrole nitrogens is 1. The number of nitrogens with one attached hydrogen (secondary N) is 2. The van der Waals surface area contributed by atoms with E-state index in [1.54, 1.807) is 18.5 Å². The Morgan fingerprint density at radius 1 is 1.14 bits per heavy atom. The Bertz CT molecular complexity index is 1120. The van der Waals surface area contributed by atoms with Crippen molar-refractivity contribution in [2.75, 3.05) is 25.5 Å². The molecular formula is C21H21N7O. The van der Waals surface area contributed by atoms with Crippen LogP contribution in [0.3, 0.4) is 0 Å². The van der Waals surface area contributed by atoms with E-state index in [0.29, 0.717) is 24.3 Å². The topological polar surface area (TPSA) is 99.7 Å². The molecule has 146 valence electrons. The minimum absolute atomic E-state index is 0.171. The smallest absolute Gasteiger partial charge is 0.267 e. The molecule has 0 saturated carbocycles. The summed E-state index contributed by atoms with van der Waals surface area (Å²) in [5, 5.41) is 3.78. The molecule has 0 aliphatic rings. The monoisotopic (exact) mass is 387 g/mol. The fraction of sp³-hybridized carbons (Fsp3) is 0.190. The van der Waals surface area contributed by atoms with E-state index < -0.39 is 0 Å². The zero-order valence-corrected chi connectivity index (χ0v) is 16.3. The molecule has 4 aromatic rings. The molecule has 2 N–H and O–H groups in total. The zero-order valence-electron chi connectivity index (χ0n) is 16.3. The molecule has 8 heteroatoms. The van der Waals surface area contributed by atoms with Crippen LogP contribution in [0.5, 0.6) is 0 Å². The molecule has 0 fully saturated rings. The highest BCUT2D eigenvalue weighted by molar-refractivity contribution is 5.97. The van der Waals surface area contributed by atoms with Crippen molar-refractivity contribution in [3.05, 3.63) is 66.5 Å². The molecule has 0 unspecified atom stereocenters. The molecule has 0 spiro atoms. The van der Waals surface area contributed by atoms with E-state index in [0.717, 1.165) is 28.2 Å². The van der Waals surface area contributed by atoms with Crippen molar-refractivity contribution in [2.24, 2.45) is 0 Å². The van der Waals surface area contributed by atoms with Crippen molar-refractivity contribution in [2.45, 2.75) is 6.42 Å². The molecule has 29 heavy (non-hydrogen) atoms. The molecule has 0 saturated heterocycles.